The highest BCUT2D eigenvalue weighted by Gasteiger charge is 2.35. The highest BCUT2D eigenvalue weighted by atomic mass is 19.1. The largest absolute Gasteiger partial charge is 0.497 e. The summed E-state index contributed by atoms with van der Waals surface area (Å²) >= 11 is 0. The average molecular weight is 693 g/mol. The van der Waals surface area contributed by atoms with Gasteiger partial charge in [0.25, 0.3) is 0 Å². The van der Waals surface area contributed by atoms with E-state index in [1.54, 1.807) is 18.9 Å². The molecule has 0 amide bonds. The van der Waals surface area contributed by atoms with Crippen molar-refractivity contribution in [3.63, 3.8) is 0 Å². The third-order valence-electron chi connectivity index (χ3n) is 9.22. The van der Waals surface area contributed by atoms with E-state index in [4.69, 9.17) is 9.47 Å². The first-order chi connectivity index (χ1) is 24.9. The Morgan fingerprint density at radius 2 is 1.29 bits per heavy atom. The van der Waals surface area contributed by atoms with Gasteiger partial charge in [-0.1, -0.05) is 66.2 Å². The molecule has 0 bridgehead atoms. The van der Waals surface area contributed by atoms with Gasteiger partial charge in [-0.3, -0.25) is 9.80 Å². The molecular formula is C37H38F2N10O2. The molecule has 2 unspecified atom stereocenters. The Morgan fingerprint density at radius 1 is 0.647 bits per heavy atom. The molecule has 4 heterocycles. The lowest BCUT2D eigenvalue weighted by atomic mass is 10.00. The summed E-state index contributed by atoms with van der Waals surface area (Å²) in [6.07, 6.45) is 0. The molecule has 0 radical (unpaired) electrons. The number of rotatable bonds is 8. The quantitative estimate of drug-likeness (QED) is 0.212. The second kappa shape index (κ2) is 15.1. The number of fused-ring (bicyclic) bond motifs is 2. The minimum Gasteiger partial charge on any atom is -0.497 e. The molecule has 2 aliphatic rings. The van der Waals surface area contributed by atoms with E-state index in [0.717, 1.165) is 54.2 Å². The Kier molecular flexibility index (Phi) is 10.0. The predicted molar refractivity (Wildman–Crippen MR) is 184 cm³/mol. The van der Waals surface area contributed by atoms with Gasteiger partial charge in [-0.15, -0.1) is 10.2 Å². The van der Waals surface area contributed by atoms with Crippen molar-refractivity contribution in [1.29, 1.82) is 0 Å². The van der Waals surface area contributed by atoms with Gasteiger partial charge in [-0.25, -0.2) is 18.1 Å². The number of methoxy groups -OCH3 is 2. The molecule has 262 valence electrons. The van der Waals surface area contributed by atoms with Gasteiger partial charge >= 0.3 is 0 Å². The topological polar surface area (TPSA) is 112 Å². The van der Waals surface area contributed by atoms with Gasteiger partial charge in [0.1, 0.15) is 35.2 Å². The van der Waals surface area contributed by atoms with Gasteiger partial charge in [0.2, 0.25) is 0 Å². The first-order valence-electron chi connectivity index (χ1n) is 16.7. The summed E-state index contributed by atoms with van der Waals surface area (Å²) in [7, 11) is 3.34. The molecule has 0 saturated heterocycles. The minimum absolute atomic E-state index is 0.107. The molecule has 2 atom stereocenters. The number of benzene rings is 4. The van der Waals surface area contributed by atoms with Crippen LogP contribution in [0.3, 0.4) is 0 Å². The SMILES string of the molecule is COc1ccc(OC)c(C2c3nnnn3CCN2Cc2ccccc2)c1.Cc1cccc(CN2CCn3nnnc3C2c2ccc(F)cc2F)c1. The number of aryl methyl sites for hydroxylation is 1. The molecule has 51 heavy (non-hydrogen) atoms. The Hall–Kier alpha value is -5.60. The minimum atomic E-state index is -0.595. The van der Waals surface area contributed by atoms with Crippen molar-refractivity contribution in [3.8, 4) is 11.5 Å². The van der Waals surface area contributed by atoms with E-state index in [1.807, 2.05) is 54.1 Å². The number of hydrogen-bond acceptors (Lipinski definition) is 10. The third kappa shape index (κ3) is 7.32. The molecule has 0 saturated carbocycles. The maximum absolute atomic E-state index is 14.5. The summed E-state index contributed by atoms with van der Waals surface area (Å²) in [6, 6.07) is 27.5. The zero-order valence-electron chi connectivity index (χ0n) is 28.6. The van der Waals surface area contributed by atoms with E-state index < -0.39 is 17.7 Å². The molecule has 8 rings (SSSR count). The molecule has 2 aromatic heterocycles. The fourth-order valence-corrected chi connectivity index (χ4v) is 6.82. The molecule has 12 nitrogen and oxygen atoms in total. The molecule has 0 spiro atoms. The fraction of sp³-hybridized carbons (Fsp3) is 0.297. The second-order valence-electron chi connectivity index (χ2n) is 12.5. The summed E-state index contributed by atoms with van der Waals surface area (Å²) in [5.41, 5.74) is 4.93. The van der Waals surface area contributed by atoms with Gasteiger partial charge in [0, 0.05) is 43.4 Å². The number of tetrazole rings is 2. The number of ether oxygens (including phenoxy) is 2. The third-order valence-corrected chi connectivity index (χ3v) is 9.22. The van der Waals surface area contributed by atoms with E-state index in [-0.39, 0.29) is 6.04 Å². The van der Waals surface area contributed by atoms with Crippen LogP contribution in [0.5, 0.6) is 11.5 Å². The van der Waals surface area contributed by atoms with E-state index in [0.29, 0.717) is 31.0 Å². The maximum Gasteiger partial charge on any atom is 0.173 e. The van der Waals surface area contributed by atoms with Gasteiger partial charge in [-0.2, -0.15) is 0 Å². The van der Waals surface area contributed by atoms with Crippen LogP contribution >= 0.6 is 0 Å². The van der Waals surface area contributed by atoms with Crippen molar-refractivity contribution in [2.75, 3.05) is 27.3 Å². The van der Waals surface area contributed by atoms with Crippen molar-refractivity contribution in [1.82, 2.24) is 50.2 Å². The molecule has 14 heteroatoms. The smallest absolute Gasteiger partial charge is 0.173 e. The van der Waals surface area contributed by atoms with Crippen molar-refractivity contribution >= 4 is 0 Å². The standard InChI is InChI=1S/C19H21N5O2.C18H17F2N5/c1-25-15-8-9-17(26-2)16(12-15)18-19-20-21-22-24(19)11-10-23(18)13-14-6-4-3-5-7-14;1-12-3-2-4-13(9-12)11-24-7-8-25-18(21-22-23-25)17(24)15-6-5-14(19)10-16(15)20/h3-9,12,18H,10-11,13H2,1-2H3;2-6,9-10,17H,7-8,11H2,1H3. The molecule has 0 fully saturated rings. The second-order valence-corrected chi connectivity index (χ2v) is 12.5. The van der Waals surface area contributed by atoms with Gasteiger partial charge in [-0.05, 0) is 63.2 Å². The maximum atomic E-state index is 14.5. The molecular weight excluding hydrogens is 654 g/mol. The van der Waals surface area contributed by atoms with Crippen LogP contribution < -0.4 is 9.47 Å². The van der Waals surface area contributed by atoms with Crippen LogP contribution in [0.4, 0.5) is 8.78 Å². The number of aromatic nitrogens is 8. The normalized spacial score (nSPS) is 17.2. The van der Waals surface area contributed by atoms with Crippen molar-refractivity contribution in [3.05, 3.63) is 142 Å². The van der Waals surface area contributed by atoms with Crippen molar-refractivity contribution < 1.29 is 18.3 Å². The number of nitrogens with zero attached hydrogens (tertiary/aromatic N) is 10. The van der Waals surface area contributed by atoms with Crippen LogP contribution in [0.25, 0.3) is 0 Å². The summed E-state index contributed by atoms with van der Waals surface area (Å²) in [6.45, 7) is 6.39. The fourth-order valence-electron chi connectivity index (χ4n) is 6.82. The van der Waals surface area contributed by atoms with Crippen LogP contribution in [-0.2, 0) is 26.2 Å². The lowest BCUT2D eigenvalue weighted by molar-refractivity contribution is 0.161. The zero-order chi connectivity index (χ0) is 35.3. The molecule has 0 N–H and O–H groups in total. The summed E-state index contributed by atoms with van der Waals surface area (Å²) in [5, 5.41) is 24.1. The van der Waals surface area contributed by atoms with Gasteiger partial charge < -0.3 is 9.47 Å². The van der Waals surface area contributed by atoms with Crippen LogP contribution in [-0.4, -0.2) is 77.5 Å². The van der Waals surface area contributed by atoms with Crippen molar-refractivity contribution in [2.45, 2.75) is 45.2 Å². The Morgan fingerprint density at radius 3 is 1.92 bits per heavy atom. The van der Waals surface area contributed by atoms with Crippen LogP contribution in [0.1, 0.15) is 51.5 Å². The summed E-state index contributed by atoms with van der Waals surface area (Å²) < 4.78 is 42.4. The number of hydrogen-bond donors (Lipinski definition) is 0. The first-order valence-corrected chi connectivity index (χ1v) is 16.7. The Balaban J connectivity index is 0.000000159. The lowest BCUT2D eigenvalue weighted by Gasteiger charge is -2.35. The molecule has 6 aromatic rings. The van der Waals surface area contributed by atoms with Crippen LogP contribution in [0, 0.1) is 18.6 Å². The summed E-state index contributed by atoms with van der Waals surface area (Å²) in [4.78, 5) is 4.50. The highest BCUT2D eigenvalue weighted by Crippen LogP contribution is 2.38. The predicted octanol–water partition coefficient (Wildman–Crippen LogP) is 5.16. The summed E-state index contributed by atoms with van der Waals surface area (Å²) in [5.74, 6) is 1.79. The van der Waals surface area contributed by atoms with Gasteiger partial charge in [0.15, 0.2) is 11.6 Å². The molecule has 4 aromatic carbocycles. The highest BCUT2D eigenvalue weighted by molar-refractivity contribution is 5.45. The zero-order valence-corrected chi connectivity index (χ0v) is 28.6. The monoisotopic (exact) mass is 692 g/mol. The van der Waals surface area contributed by atoms with Crippen LogP contribution in [0.15, 0.2) is 91.0 Å². The van der Waals surface area contributed by atoms with E-state index in [9.17, 15) is 8.78 Å². The molecule has 2 aliphatic heterocycles. The first kappa shape index (κ1) is 33.9. The molecule has 0 aliphatic carbocycles. The Bertz CT molecular complexity index is 2090. The van der Waals surface area contributed by atoms with Crippen molar-refractivity contribution in [2.24, 2.45) is 0 Å². The number of halogens is 2. The lowest BCUT2D eigenvalue weighted by Crippen LogP contribution is -2.39. The van der Waals surface area contributed by atoms with E-state index in [2.05, 4.69) is 71.2 Å². The van der Waals surface area contributed by atoms with Crippen LogP contribution in [0.2, 0.25) is 0 Å². The van der Waals surface area contributed by atoms with E-state index >= 15 is 0 Å². The van der Waals surface area contributed by atoms with E-state index in [1.165, 1.54) is 23.3 Å². The van der Waals surface area contributed by atoms with Gasteiger partial charge in [0.05, 0.1) is 27.3 Å². The Labute approximate surface area is 294 Å². The average Bonchev–Trinajstić information content (AvgIpc) is 3.83.